The lowest BCUT2D eigenvalue weighted by Gasteiger charge is -2.11. The average Bonchev–Trinajstić information content (AvgIpc) is 2.28. The van der Waals surface area contributed by atoms with Crippen molar-refractivity contribution in [3.05, 3.63) is 29.3 Å². The van der Waals surface area contributed by atoms with E-state index in [1.807, 2.05) is 0 Å². The minimum atomic E-state index is -0.144. The van der Waals surface area contributed by atoms with Crippen molar-refractivity contribution >= 4 is 18.1 Å². The first-order chi connectivity index (χ1) is 7.65. The summed E-state index contributed by atoms with van der Waals surface area (Å²) in [5, 5.41) is 9.46. The van der Waals surface area contributed by atoms with Crippen molar-refractivity contribution in [1.82, 2.24) is 0 Å². The van der Waals surface area contributed by atoms with E-state index in [1.54, 1.807) is 13.0 Å². The van der Waals surface area contributed by atoms with Gasteiger partial charge in [-0.2, -0.15) is 0 Å². The highest BCUT2D eigenvalue weighted by molar-refractivity contribution is 5.90. The number of ether oxygens (including phenoxy) is 1. The van der Waals surface area contributed by atoms with Crippen LogP contribution < -0.4 is 4.74 Å². The Labute approximate surface area is 93.2 Å². The van der Waals surface area contributed by atoms with Crippen LogP contribution in [-0.2, 0) is 4.79 Å². The minimum absolute atomic E-state index is 0.0821. The van der Waals surface area contributed by atoms with Crippen molar-refractivity contribution in [2.75, 3.05) is 7.11 Å². The van der Waals surface area contributed by atoms with Gasteiger partial charge in [-0.1, -0.05) is 0 Å². The van der Waals surface area contributed by atoms with Crippen molar-refractivity contribution in [3.63, 3.8) is 0 Å². The van der Waals surface area contributed by atoms with Crippen molar-refractivity contribution < 1.29 is 19.4 Å². The molecule has 4 heteroatoms. The van der Waals surface area contributed by atoms with Gasteiger partial charge in [0.25, 0.3) is 0 Å². The Balaban J connectivity index is 3.46. The Morgan fingerprint density at radius 3 is 2.56 bits per heavy atom. The molecule has 84 valence electrons. The first kappa shape index (κ1) is 12.0. The summed E-state index contributed by atoms with van der Waals surface area (Å²) in [4.78, 5) is 21.2. The largest absolute Gasteiger partial charge is 0.507 e. The number of hydrogen-bond acceptors (Lipinski definition) is 4. The van der Waals surface area contributed by atoms with Gasteiger partial charge in [-0.25, -0.2) is 0 Å². The summed E-state index contributed by atoms with van der Waals surface area (Å²) < 4.78 is 5.07. The Morgan fingerprint density at radius 1 is 1.38 bits per heavy atom. The standard InChI is InChI=1S/C12H12O4/c1-8(5-6-13)9-3-4-11(15)10(7-14)12(9)16-2/h3-7,15H,1-2H3/b8-5-. The van der Waals surface area contributed by atoms with E-state index in [1.165, 1.54) is 19.3 Å². The zero-order valence-electron chi connectivity index (χ0n) is 9.06. The molecule has 1 aromatic carbocycles. The normalized spacial score (nSPS) is 11.0. The van der Waals surface area contributed by atoms with Crippen LogP contribution in [0.25, 0.3) is 5.57 Å². The number of methoxy groups -OCH3 is 1. The van der Waals surface area contributed by atoms with Gasteiger partial charge in [0.2, 0.25) is 0 Å². The Bertz CT molecular complexity index is 447. The molecule has 1 aromatic rings. The number of phenolic OH excluding ortho intramolecular Hbond substituents is 1. The van der Waals surface area contributed by atoms with Crippen molar-refractivity contribution in [2.45, 2.75) is 6.92 Å². The van der Waals surface area contributed by atoms with Crippen LogP contribution in [0.15, 0.2) is 18.2 Å². The summed E-state index contributed by atoms with van der Waals surface area (Å²) in [6.45, 7) is 1.72. The van der Waals surface area contributed by atoms with E-state index in [4.69, 9.17) is 4.74 Å². The number of carbonyl (C=O) groups excluding carboxylic acids is 2. The van der Waals surface area contributed by atoms with E-state index in [-0.39, 0.29) is 17.1 Å². The lowest BCUT2D eigenvalue weighted by molar-refractivity contribution is -0.104. The van der Waals surface area contributed by atoms with E-state index in [0.29, 0.717) is 23.7 Å². The second kappa shape index (κ2) is 5.11. The molecule has 0 spiro atoms. The summed E-state index contributed by atoms with van der Waals surface area (Å²) in [5.41, 5.74) is 1.35. The Morgan fingerprint density at radius 2 is 2.06 bits per heavy atom. The van der Waals surface area contributed by atoms with Gasteiger partial charge in [0.15, 0.2) is 6.29 Å². The molecule has 0 saturated carbocycles. The molecule has 0 saturated heterocycles. The second-order valence-electron chi connectivity index (χ2n) is 3.18. The third kappa shape index (κ3) is 2.11. The molecule has 0 heterocycles. The molecule has 0 aliphatic heterocycles. The molecule has 0 bridgehead atoms. The molecule has 16 heavy (non-hydrogen) atoms. The molecular weight excluding hydrogens is 208 g/mol. The van der Waals surface area contributed by atoms with Gasteiger partial charge in [-0.05, 0) is 30.7 Å². The zero-order valence-corrected chi connectivity index (χ0v) is 9.06. The van der Waals surface area contributed by atoms with Crippen LogP contribution in [0.4, 0.5) is 0 Å². The number of phenols is 1. The van der Waals surface area contributed by atoms with Gasteiger partial charge >= 0.3 is 0 Å². The van der Waals surface area contributed by atoms with Crippen molar-refractivity contribution in [1.29, 1.82) is 0 Å². The third-order valence-electron chi connectivity index (χ3n) is 2.24. The van der Waals surface area contributed by atoms with Gasteiger partial charge in [-0.3, -0.25) is 9.59 Å². The number of hydrogen-bond donors (Lipinski definition) is 1. The lowest BCUT2D eigenvalue weighted by Crippen LogP contribution is -1.96. The minimum Gasteiger partial charge on any atom is -0.507 e. The fourth-order valence-electron chi connectivity index (χ4n) is 1.43. The topological polar surface area (TPSA) is 63.6 Å². The molecule has 4 nitrogen and oxygen atoms in total. The monoisotopic (exact) mass is 220 g/mol. The van der Waals surface area contributed by atoms with Gasteiger partial charge in [0, 0.05) is 5.56 Å². The van der Waals surface area contributed by atoms with Crippen LogP contribution in [0, 0.1) is 0 Å². The first-order valence-electron chi connectivity index (χ1n) is 4.63. The molecular formula is C12H12O4. The van der Waals surface area contributed by atoms with Crippen LogP contribution in [0.5, 0.6) is 11.5 Å². The first-order valence-corrected chi connectivity index (χ1v) is 4.63. The van der Waals surface area contributed by atoms with E-state index in [9.17, 15) is 14.7 Å². The van der Waals surface area contributed by atoms with Crippen molar-refractivity contribution in [2.24, 2.45) is 0 Å². The highest BCUT2D eigenvalue weighted by Gasteiger charge is 2.13. The van der Waals surface area contributed by atoms with Crippen LogP contribution in [-0.4, -0.2) is 24.8 Å². The molecule has 0 radical (unpaired) electrons. The molecule has 0 unspecified atom stereocenters. The van der Waals surface area contributed by atoms with Crippen LogP contribution in [0.3, 0.4) is 0 Å². The second-order valence-corrected chi connectivity index (χ2v) is 3.18. The van der Waals surface area contributed by atoms with Gasteiger partial charge in [0.1, 0.15) is 17.8 Å². The maximum Gasteiger partial charge on any atom is 0.157 e. The molecule has 0 atom stereocenters. The number of aromatic hydroxyl groups is 1. The molecule has 1 N–H and O–H groups in total. The number of carbonyl (C=O) groups is 2. The maximum absolute atomic E-state index is 10.8. The lowest BCUT2D eigenvalue weighted by atomic mass is 10.0. The molecule has 0 aliphatic rings. The Kier molecular flexibility index (Phi) is 3.83. The molecule has 0 aliphatic carbocycles. The number of rotatable bonds is 4. The fourth-order valence-corrected chi connectivity index (χ4v) is 1.43. The SMILES string of the molecule is COc1c(/C(C)=C\C=O)ccc(O)c1C=O. The highest BCUT2D eigenvalue weighted by atomic mass is 16.5. The quantitative estimate of drug-likeness (QED) is 0.621. The Hall–Kier alpha value is -2.10. The van der Waals surface area contributed by atoms with Gasteiger partial charge < -0.3 is 9.84 Å². The predicted octanol–water partition coefficient (Wildman–Crippen LogP) is 1.82. The summed E-state index contributed by atoms with van der Waals surface area (Å²) >= 11 is 0. The third-order valence-corrected chi connectivity index (χ3v) is 2.24. The summed E-state index contributed by atoms with van der Waals surface area (Å²) in [6.07, 6.45) is 2.54. The number of aldehydes is 2. The van der Waals surface area contributed by atoms with Crippen LogP contribution >= 0.6 is 0 Å². The maximum atomic E-state index is 10.8. The summed E-state index contributed by atoms with van der Waals surface area (Å²) in [6, 6.07) is 2.99. The molecule has 0 fully saturated rings. The van der Waals surface area contributed by atoms with Gasteiger partial charge in [0.05, 0.1) is 12.7 Å². The highest BCUT2D eigenvalue weighted by Crippen LogP contribution is 2.33. The van der Waals surface area contributed by atoms with E-state index >= 15 is 0 Å². The van der Waals surface area contributed by atoms with Crippen LogP contribution in [0.1, 0.15) is 22.8 Å². The van der Waals surface area contributed by atoms with E-state index in [2.05, 4.69) is 0 Å². The predicted molar refractivity (Wildman–Crippen MR) is 59.8 cm³/mol. The van der Waals surface area contributed by atoms with Gasteiger partial charge in [-0.15, -0.1) is 0 Å². The van der Waals surface area contributed by atoms with E-state index in [0.717, 1.165) is 0 Å². The van der Waals surface area contributed by atoms with E-state index < -0.39 is 0 Å². The molecule has 0 aromatic heterocycles. The molecule has 1 rings (SSSR count). The van der Waals surface area contributed by atoms with Crippen molar-refractivity contribution in [3.8, 4) is 11.5 Å². The average molecular weight is 220 g/mol. The zero-order chi connectivity index (χ0) is 12.1. The fraction of sp³-hybridized carbons (Fsp3) is 0.167. The summed E-state index contributed by atoms with van der Waals surface area (Å²) in [5.74, 6) is 0.125. The number of allylic oxidation sites excluding steroid dienone is 2. The smallest absolute Gasteiger partial charge is 0.157 e. The summed E-state index contributed by atoms with van der Waals surface area (Å²) in [7, 11) is 1.40. The number of benzene rings is 1. The van der Waals surface area contributed by atoms with Crippen LogP contribution in [0.2, 0.25) is 0 Å². The molecule has 0 amide bonds.